The average Bonchev–Trinajstić information content (AvgIpc) is 2.77. The number of hydrogen-bond donors (Lipinski definition) is 2. The Morgan fingerprint density at radius 1 is 1.37 bits per heavy atom. The van der Waals surface area contributed by atoms with E-state index in [4.69, 9.17) is 11.6 Å². The number of carbonyl (C=O) groups is 1. The van der Waals surface area contributed by atoms with Gasteiger partial charge in [-0.2, -0.15) is 0 Å². The smallest absolute Gasteiger partial charge is 0.296 e. The highest BCUT2D eigenvalue weighted by atomic mass is 35.5. The highest BCUT2D eigenvalue weighted by Crippen LogP contribution is 2.17. The summed E-state index contributed by atoms with van der Waals surface area (Å²) in [5.41, 5.74) is -0.205. The lowest BCUT2D eigenvalue weighted by atomic mass is 9.96. The van der Waals surface area contributed by atoms with Gasteiger partial charge in [0.1, 0.15) is 23.1 Å². The molecule has 0 atom stereocenters. The molecule has 19 heavy (non-hydrogen) atoms. The normalized spacial score (nSPS) is 11.4. The van der Waals surface area contributed by atoms with Crippen molar-refractivity contribution in [1.82, 2.24) is 25.1 Å². The summed E-state index contributed by atoms with van der Waals surface area (Å²) in [6.45, 7) is 5.91. The first kappa shape index (κ1) is 13.4. The largest absolute Gasteiger partial charge is 0.304 e. The lowest BCUT2D eigenvalue weighted by Gasteiger charge is -2.12. The summed E-state index contributed by atoms with van der Waals surface area (Å²) >= 11 is 5.70. The summed E-state index contributed by atoms with van der Waals surface area (Å²) in [4.78, 5) is 23.6. The molecule has 0 aliphatic carbocycles. The fraction of sp³-hybridized carbons (Fsp3) is 0.364. The molecule has 0 radical (unpaired) electrons. The summed E-state index contributed by atoms with van der Waals surface area (Å²) in [5.74, 6) is 0.534. The number of halogens is 1. The van der Waals surface area contributed by atoms with Crippen molar-refractivity contribution in [3.63, 3.8) is 0 Å². The number of H-pyrrole nitrogens is 1. The summed E-state index contributed by atoms with van der Waals surface area (Å²) < 4.78 is 0. The van der Waals surface area contributed by atoms with Gasteiger partial charge < -0.3 is 5.32 Å². The lowest BCUT2D eigenvalue weighted by Crippen LogP contribution is -2.16. The number of nitrogens with zero attached hydrogens (tertiary/aromatic N) is 4. The van der Waals surface area contributed by atoms with E-state index >= 15 is 0 Å². The first-order valence-electron chi connectivity index (χ1n) is 5.58. The van der Waals surface area contributed by atoms with Gasteiger partial charge in [-0.25, -0.2) is 15.0 Å². The predicted octanol–water partition coefficient (Wildman–Crippen LogP) is 1.80. The number of aromatic amines is 1. The number of rotatable bonds is 2. The van der Waals surface area contributed by atoms with Crippen LogP contribution in [0.15, 0.2) is 12.4 Å². The fourth-order valence-corrected chi connectivity index (χ4v) is 1.42. The van der Waals surface area contributed by atoms with Crippen molar-refractivity contribution in [2.45, 2.75) is 26.2 Å². The van der Waals surface area contributed by atoms with Crippen LogP contribution in [0.3, 0.4) is 0 Å². The van der Waals surface area contributed by atoms with Crippen molar-refractivity contribution in [2.75, 3.05) is 5.32 Å². The van der Waals surface area contributed by atoms with Gasteiger partial charge in [-0.15, -0.1) is 5.10 Å². The van der Waals surface area contributed by atoms with Gasteiger partial charge in [0.15, 0.2) is 0 Å². The first-order valence-corrected chi connectivity index (χ1v) is 5.96. The van der Waals surface area contributed by atoms with E-state index in [9.17, 15) is 4.79 Å². The summed E-state index contributed by atoms with van der Waals surface area (Å²) in [5, 5.41) is 9.41. The van der Waals surface area contributed by atoms with Gasteiger partial charge in [-0.3, -0.25) is 9.89 Å². The molecular weight excluding hydrogens is 268 g/mol. The molecule has 0 aromatic carbocycles. The minimum absolute atomic E-state index is 0.0552. The average molecular weight is 281 g/mol. The van der Waals surface area contributed by atoms with Gasteiger partial charge in [0.05, 0.1) is 0 Å². The SMILES string of the molecule is CC(C)(C)c1nc(C(=O)Nc2cc(Cl)ncn2)n[nH]1. The molecule has 100 valence electrons. The van der Waals surface area contributed by atoms with Crippen LogP contribution in [0.25, 0.3) is 0 Å². The molecule has 2 aromatic heterocycles. The first-order chi connectivity index (χ1) is 8.86. The maximum absolute atomic E-state index is 11.9. The minimum atomic E-state index is -0.457. The van der Waals surface area contributed by atoms with Gasteiger partial charge in [0, 0.05) is 11.5 Å². The molecule has 7 nitrogen and oxygen atoms in total. The van der Waals surface area contributed by atoms with Crippen molar-refractivity contribution in [3.8, 4) is 0 Å². The Bertz CT molecular complexity index is 603. The van der Waals surface area contributed by atoms with Crippen LogP contribution in [0.1, 0.15) is 37.2 Å². The van der Waals surface area contributed by atoms with Gasteiger partial charge >= 0.3 is 0 Å². The van der Waals surface area contributed by atoms with Gasteiger partial charge in [0.25, 0.3) is 5.91 Å². The zero-order chi connectivity index (χ0) is 14.0. The van der Waals surface area contributed by atoms with Crippen LogP contribution in [0.2, 0.25) is 5.15 Å². The Labute approximate surface area is 114 Å². The van der Waals surface area contributed by atoms with Crippen molar-refractivity contribution in [2.24, 2.45) is 0 Å². The Hall–Kier alpha value is -2.02. The van der Waals surface area contributed by atoms with Crippen LogP contribution in [-0.4, -0.2) is 31.1 Å². The molecule has 2 N–H and O–H groups in total. The number of amides is 1. The second-order valence-electron chi connectivity index (χ2n) is 4.94. The molecule has 2 aromatic rings. The third-order valence-corrected chi connectivity index (χ3v) is 2.48. The van der Waals surface area contributed by atoms with E-state index in [1.54, 1.807) is 0 Å². The molecule has 2 rings (SSSR count). The van der Waals surface area contributed by atoms with E-state index < -0.39 is 5.91 Å². The molecule has 0 aliphatic rings. The van der Waals surface area contributed by atoms with E-state index in [0.717, 1.165) is 0 Å². The monoisotopic (exact) mass is 280 g/mol. The van der Waals surface area contributed by atoms with Crippen molar-refractivity contribution in [1.29, 1.82) is 0 Å². The third-order valence-electron chi connectivity index (χ3n) is 2.27. The molecule has 0 aliphatic heterocycles. The van der Waals surface area contributed by atoms with Gasteiger partial charge in [-0.1, -0.05) is 32.4 Å². The Morgan fingerprint density at radius 2 is 2.11 bits per heavy atom. The van der Waals surface area contributed by atoms with Crippen LogP contribution < -0.4 is 5.32 Å². The quantitative estimate of drug-likeness (QED) is 0.818. The predicted molar refractivity (Wildman–Crippen MR) is 70.1 cm³/mol. The van der Waals surface area contributed by atoms with E-state index in [2.05, 4.69) is 30.5 Å². The zero-order valence-electron chi connectivity index (χ0n) is 10.7. The second-order valence-corrected chi connectivity index (χ2v) is 5.32. The fourth-order valence-electron chi connectivity index (χ4n) is 1.27. The molecule has 0 unspecified atom stereocenters. The van der Waals surface area contributed by atoms with Crippen molar-refractivity contribution in [3.05, 3.63) is 29.2 Å². The van der Waals surface area contributed by atoms with Crippen LogP contribution in [0.5, 0.6) is 0 Å². The zero-order valence-corrected chi connectivity index (χ0v) is 11.5. The Kier molecular flexibility index (Phi) is 3.48. The van der Waals surface area contributed by atoms with E-state index in [0.29, 0.717) is 11.6 Å². The second kappa shape index (κ2) is 4.93. The lowest BCUT2D eigenvalue weighted by molar-refractivity contribution is 0.101. The summed E-state index contributed by atoms with van der Waals surface area (Å²) in [6.07, 6.45) is 1.26. The van der Waals surface area contributed by atoms with Crippen molar-refractivity contribution < 1.29 is 4.79 Å². The van der Waals surface area contributed by atoms with Gasteiger partial charge in [-0.05, 0) is 0 Å². The molecule has 0 bridgehead atoms. The molecule has 2 heterocycles. The van der Waals surface area contributed by atoms with Crippen LogP contribution in [0, 0.1) is 0 Å². The number of aromatic nitrogens is 5. The molecule has 0 spiro atoms. The highest BCUT2D eigenvalue weighted by molar-refractivity contribution is 6.29. The molecule has 0 saturated carbocycles. The maximum Gasteiger partial charge on any atom is 0.296 e. The van der Waals surface area contributed by atoms with E-state index in [1.807, 2.05) is 20.8 Å². The standard InChI is InChI=1S/C11H13ClN6O/c1-11(2,3)10-16-8(17-18-10)9(19)15-7-4-6(12)13-5-14-7/h4-5H,1-3H3,(H,16,17,18)(H,13,14,15,19). The molecule has 1 amide bonds. The molecule has 8 heteroatoms. The molecule has 0 fully saturated rings. The maximum atomic E-state index is 11.9. The third kappa shape index (κ3) is 3.25. The topological polar surface area (TPSA) is 96.5 Å². The summed E-state index contributed by atoms with van der Waals surface area (Å²) in [6, 6.07) is 1.44. The van der Waals surface area contributed by atoms with Crippen molar-refractivity contribution >= 4 is 23.3 Å². The van der Waals surface area contributed by atoms with Crippen LogP contribution >= 0.6 is 11.6 Å². The minimum Gasteiger partial charge on any atom is -0.304 e. The van der Waals surface area contributed by atoms with Crippen LogP contribution in [0.4, 0.5) is 5.82 Å². The highest BCUT2D eigenvalue weighted by Gasteiger charge is 2.21. The van der Waals surface area contributed by atoms with Crippen LogP contribution in [-0.2, 0) is 5.41 Å². The van der Waals surface area contributed by atoms with Gasteiger partial charge in [0.2, 0.25) is 5.82 Å². The van der Waals surface area contributed by atoms with E-state index in [1.165, 1.54) is 12.4 Å². The number of hydrogen-bond acceptors (Lipinski definition) is 5. The molecular formula is C11H13ClN6O. The molecule has 0 saturated heterocycles. The number of carbonyl (C=O) groups excluding carboxylic acids is 1. The Morgan fingerprint density at radius 3 is 2.68 bits per heavy atom. The number of anilines is 1. The number of nitrogens with one attached hydrogen (secondary N) is 2. The Balaban J connectivity index is 2.14. The summed E-state index contributed by atoms with van der Waals surface area (Å²) in [7, 11) is 0. The van der Waals surface area contributed by atoms with E-state index in [-0.39, 0.29) is 16.4 Å².